The van der Waals surface area contributed by atoms with Gasteiger partial charge in [-0.1, -0.05) is 15.9 Å². The summed E-state index contributed by atoms with van der Waals surface area (Å²) in [5.74, 6) is -1.96. The molecule has 13 heavy (non-hydrogen) atoms. The molecule has 0 spiro atoms. The van der Waals surface area contributed by atoms with Crippen molar-refractivity contribution < 1.29 is 18.3 Å². The highest BCUT2D eigenvalue weighted by Crippen LogP contribution is 2.26. The number of hydrogen-bond donors (Lipinski definition) is 1. The van der Waals surface area contributed by atoms with Crippen LogP contribution in [0.1, 0.15) is 17.7 Å². The molecule has 72 valence electrons. The lowest BCUT2D eigenvalue weighted by Gasteiger charge is -2.04. The van der Waals surface area contributed by atoms with Gasteiger partial charge >= 0.3 is 0 Å². The van der Waals surface area contributed by atoms with Crippen LogP contribution in [0, 0.1) is 5.95 Å². The predicted molar refractivity (Wildman–Crippen MR) is 43.4 cm³/mol. The summed E-state index contributed by atoms with van der Waals surface area (Å²) >= 11 is 2.93. The van der Waals surface area contributed by atoms with Crippen LogP contribution in [0.4, 0.5) is 13.2 Å². The molecule has 0 aliphatic carbocycles. The van der Waals surface area contributed by atoms with E-state index in [-0.39, 0.29) is 10.9 Å². The molecule has 0 bridgehead atoms. The van der Waals surface area contributed by atoms with E-state index in [0.717, 1.165) is 6.07 Å². The molecule has 0 aliphatic rings. The number of aromatic hydroxyl groups is 1. The zero-order valence-corrected chi connectivity index (χ0v) is 7.85. The number of pyridine rings is 1. The fourth-order valence-electron chi connectivity index (χ4n) is 0.792. The molecule has 0 aliphatic heterocycles. The molecular formula is C7H5BrF3NO. The van der Waals surface area contributed by atoms with Crippen molar-refractivity contribution in [2.24, 2.45) is 0 Å². The Hall–Kier alpha value is -0.780. The first kappa shape index (κ1) is 10.3. The third-order valence-electron chi connectivity index (χ3n) is 1.42. The smallest absolute Gasteiger partial charge is 0.280 e. The number of nitrogens with zero attached hydrogens (tertiary/aromatic N) is 1. The second kappa shape index (κ2) is 3.95. The molecule has 6 heteroatoms. The van der Waals surface area contributed by atoms with E-state index in [2.05, 4.69) is 20.9 Å². The minimum atomic E-state index is -2.84. The number of hydrogen-bond acceptors (Lipinski definition) is 2. The van der Waals surface area contributed by atoms with Crippen LogP contribution < -0.4 is 0 Å². The van der Waals surface area contributed by atoms with Crippen LogP contribution in [0.2, 0.25) is 0 Å². The predicted octanol–water partition coefficient (Wildman–Crippen LogP) is 2.76. The monoisotopic (exact) mass is 255 g/mol. The molecule has 0 saturated heterocycles. The summed E-state index contributed by atoms with van der Waals surface area (Å²) in [7, 11) is 0. The summed E-state index contributed by atoms with van der Waals surface area (Å²) in [6.45, 7) is 0. The van der Waals surface area contributed by atoms with E-state index in [1.54, 1.807) is 0 Å². The molecule has 0 aromatic carbocycles. The number of halogens is 4. The molecule has 1 rings (SSSR count). The molecule has 1 aromatic rings. The summed E-state index contributed by atoms with van der Waals surface area (Å²) in [6.07, 6.45) is -2.84. The highest BCUT2D eigenvalue weighted by molar-refractivity contribution is 9.08. The Kier molecular flexibility index (Phi) is 3.13. The van der Waals surface area contributed by atoms with Gasteiger partial charge in [0.2, 0.25) is 0 Å². The number of alkyl halides is 3. The Morgan fingerprint density at radius 2 is 2.15 bits per heavy atom. The zero-order valence-electron chi connectivity index (χ0n) is 6.27. The molecule has 1 aromatic heterocycles. The third kappa shape index (κ3) is 2.12. The van der Waals surface area contributed by atoms with E-state index >= 15 is 0 Å². The summed E-state index contributed by atoms with van der Waals surface area (Å²) in [5.41, 5.74) is -0.618. The van der Waals surface area contributed by atoms with Gasteiger partial charge in [-0.3, -0.25) is 0 Å². The molecule has 0 atom stereocenters. The largest absolute Gasteiger partial charge is 0.503 e. The second-order valence-electron chi connectivity index (χ2n) is 2.28. The Bertz CT molecular complexity index is 319. The van der Waals surface area contributed by atoms with Crippen molar-refractivity contribution in [2.45, 2.75) is 11.8 Å². The lowest BCUT2D eigenvalue weighted by atomic mass is 10.2. The molecule has 0 unspecified atom stereocenters. The van der Waals surface area contributed by atoms with Crippen molar-refractivity contribution in [2.75, 3.05) is 0 Å². The summed E-state index contributed by atoms with van der Waals surface area (Å²) in [6, 6.07) is 0.956. The molecular weight excluding hydrogens is 251 g/mol. The van der Waals surface area contributed by atoms with Gasteiger partial charge in [-0.05, 0) is 6.07 Å². The molecule has 2 nitrogen and oxygen atoms in total. The van der Waals surface area contributed by atoms with Gasteiger partial charge < -0.3 is 5.11 Å². The van der Waals surface area contributed by atoms with Gasteiger partial charge in [0.15, 0.2) is 5.75 Å². The summed E-state index contributed by atoms with van der Waals surface area (Å²) in [5, 5.41) is 9.09. The minimum Gasteiger partial charge on any atom is -0.503 e. The van der Waals surface area contributed by atoms with Gasteiger partial charge in [-0.15, -0.1) is 0 Å². The van der Waals surface area contributed by atoms with Crippen molar-refractivity contribution in [3.05, 3.63) is 23.3 Å². The van der Waals surface area contributed by atoms with E-state index < -0.39 is 23.8 Å². The van der Waals surface area contributed by atoms with Crippen LogP contribution in [0.5, 0.6) is 5.75 Å². The van der Waals surface area contributed by atoms with Gasteiger partial charge in [0, 0.05) is 10.9 Å². The van der Waals surface area contributed by atoms with Crippen molar-refractivity contribution in [3.8, 4) is 5.75 Å². The maximum atomic E-state index is 12.7. The van der Waals surface area contributed by atoms with Crippen molar-refractivity contribution in [1.29, 1.82) is 0 Å². The minimum absolute atomic E-state index is 0.0581. The van der Waals surface area contributed by atoms with E-state index in [4.69, 9.17) is 5.11 Å². The van der Waals surface area contributed by atoms with Crippen LogP contribution >= 0.6 is 15.9 Å². The van der Waals surface area contributed by atoms with E-state index in [0.29, 0.717) is 0 Å². The van der Waals surface area contributed by atoms with Crippen LogP contribution in [-0.2, 0) is 5.33 Å². The van der Waals surface area contributed by atoms with Gasteiger partial charge in [-0.25, -0.2) is 13.8 Å². The highest BCUT2D eigenvalue weighted by atomic mass is 79.9. The van der Waals surface area contributed by atoms with E-state index in [9.17, 15) is 13.2 Å². The second-order valence-corrected chi connectivity index (χ2v) is 2.84. The lowest BCUT2D eigenvalue weighted by molar-refractivity contribution is 0.144. The Morgan fingerprint density at radius 3 is 2.62 bits per heavy atom. The fourth-order valence-corrected chi connectivity index (χ4v) is 1.22. The van der Waals surface area contributed by atoms with E-state index in [1.165, 1.54) is 0 Å². The van der Waals surface area contributed by atoms with Crippen molar-refractivity contribution in [3.63, 3.8) is 0 Å². The Labute approximate surface area is 80.5 Å². The zero-order chi connectivity index (χ0) is 10.0. The molecule has 0 amide bonds. The standard InChI is InChI=1S/C7H5BrF3NO/c8-2-3-1-4(6(9)10)12-7(11)5(3)13/h1,6,13H,2H2. The maximum absolute atomic E-state index is 12.7. The lowest BCUT2D eigenvalue weighted by Crippen LogP contribution is -1.97. The number of rotatable bonds is 2. The Morgan fingerprint density at radius 1 is 1.54 bits per heavy atom. The normalized spacial score (nSPS) is 10.8. The van der Waals surface area contributed by atoms with Gasteiger partial charge in [-0.2, -0.15) is 4.39 Å². The fraction of sp³-hybridized carbons (Fsp3) is 0.286. The molecule has 0 saturated carbocycles. The topological polar surface area (TPSA) is 33.1 Å². The molecule has 0 fully saturated rings. The van der Waals surface area contributed by atoms with Crippen LogP contribution in [0.3, 0.4) is 0 Å². The van der Waals surface area contributed by atoms with Crippen LogP contribution in [-0.4, -0.2) is 10.1 Å². The van der Waals surface area contributed by atoms with Gasteiger partial charge in [0.25, 0.3) is 12.4 Å². The van der Waals surface area contributed by atoms with Crippen molar-refractivity contribution >= 4 is 15.9 Å². The average Bonchev–Trinajstić information content (AvgIpc) is 2.09. The SMILES string of the molecule is Oc1c(CBr)cc(C(F)F)nc1F. The first-order valence-corrected chi connectivity index (χ1v) is 4.40. The quantitative estimate of drug-likeness (QED) is 0.651. The summed E-state index contributed by atoms with van der Waals surface area (Å²) in [4.78, 5) is 2.89. The van der Waals surface area contributed by atoms with Crippen LogP contribution in [0.15, 0.2) is 6.07 Å². The van der Waals surface area contributed by atoms with E-state index in [1.807, 2.05) is 0 Å². The summed E-state index contributed by atoms with van der Waals surface area (Å²) < 4.78 is 36.8. The Balaban J connectivity index is 3.22. The first-order valence-electron chi connectivity index (χ1n) is 3.28. The molecule has 1 N–H and O–H groups in total. The van der Waals surface area contributed by atoms with Gasteiger partial charge in [0.1, 0.15) is 5.69 Å². The maximum Gasteiger partial charge on any atom is 0.280 e. The highest BCUT2D eigenvalue weighted by Gasteiger charge is 2.16. The first-order chi connectivity index (χ1) is 6.06. The number of aromatic nitrogens is 1. The molecule has 1 heterocycles. The molecule has 0 radical (unpaired) electrons. The average molecular weight is 256 g/mol. The third-order valence-corrected chi connectivity index (χ3v) is 2.02. The van der Waals surface area contributed by atoms with Crippen molar-refractivity contribution in [1.82, 2.24) is 4.98 Å². The van der Waals surface area contributed by atoms with Gasteiger partial charge in [0.05, 0.1) is 0 Å². The van der Waals surface area contributed by atoms with Crippen LogP contribution in [0.25, 0.3) is 0 Å².